The van der Waals surface area contributed by atoms with E-state index in [1.807, 2.05) is 12.1 Å². The van der Waals surface area contributed by atoms with Gasteiger partial charge in [0, 0.05) is 18.0 Å². The second-order valence-corrected chi connectivity index (χ2v) is 7.82. The summed E-state index contributed by atoms with van der Waals surface area (Å²) in [5, 5.41) is 0.770. The van der Waals surface area contributed by atoms with Crippen LogP contribution in [0.4, 0.5) is 0 Å². The molecule has 3 nitrogen and oxygen atoms in total. The average molecular weight is 415 g/mol. The summed E-state index contributed by atoms with van der Waals surface area (Å²) in [5.41, 5.74) is 2.33. The Morgan fingerprint density at radius 1 is 0.963 bits per heavy atom. The van der Waals surface area contributed by atoms with E-state index in [1.165, 1.54) is 69.1 Å². The first-order valence-corrected chi connectivity index (χ1v) is 10.7. The van der Waals surface area contributed by atoms with Gasteiger partial charge in [-0.15, -0.1) is 0 Å². The summed E-state index contributed by atoms with van der Waals surface area (Å²) in [4.78, 5) is 0. The summed E-state index contributed by atoms with van der Waals surface area (Å²) in [5.74, 6) is 1.19. The fourth-order valence-electron chi connectivity index (χ4n) is 3.54. The molecule has 0 atom stereocenters. The van der Waals surface area contributed by atoms with Crippen molar-refractivity contribution in [2.45, 2.75) is 84.8 Å². The summed E-state index contributed by atoms with van der Waals surface area (Å²) in [7, 11) is 2.09. The van der Waals surface area contributed by atoms with Gasteiger partial charge in [0.2, 0.25) is 0 Å². The Morgan fingerprint density at radius 2 is 1.56 bits per heavy atom. The highest BCUT2D eigenvalue weighted by atomic mass is 35.5. The van der Waals surface area contributed by atoms with Gasteiger partial charge in [-0.1, -0.05) is 76.3 Å². The number of hydrogen-bond acceptors (Lipinski definition) is 1. The maximum absolute atomic E-state index is 6.17. The van der Waals surface area contributed by atoms with E-state index in [9.17, 15) is 0 Å². The molecule has 0 amide bonds. The monoisotopic (exact) mass is 414 g/mol. The average Bonchev–Trinajstić information content (AvgIpc) is 2.86. The number of nitrogens with zero attached hydrogens (tertiary/aromatic N) is 2. The molecule has 5 heteroatoms. The zero-order chi connectivity index (χ0) is 18.8. The van der Waals surface area contributed by atoms with Crippen molar-refractivity contribution >= 4 is 22.6 Å². The topological polar surface area (TPSA) is 18.0 Å². The van der Waals surface area contributed by atoms with Gasteiger partial charge in [-0.05, 0) is 18.6 Å². The van der Waals surface area contributed by atoms with Crippen LogP contribution >= 0.6 is 11.6 Å². The predicted molar refractivity (Wildman–Crippen MR) is 111 cm³/mol. The van der Waals surface area contributed by atoms with Gasteiger partial charge in [0.25, 0.3) is 5.82 Å². The number of aryl methyl sites for hydroxylation is 1. The normalized spacial score (nSPS) is 11.1. The number of fused-ring (bicyclic) bond motifs is 1. The highest BCUT2D eigenvalue weighted by Crippen LogP contribution is 2.19. The summed E-state index contributed by atoms with van der Waals surface area (Å²) in [6.07, 6.45) is 13.5. The van der Waals surface area contributed by atoms with E-state index in [4.69, 9.17) is 16.3 Å². The van der Waals surface area contributed by atoms with Crippen LogP contribution in [0.1, 0.15) is 77.0 Å². The molecule has 0 aliphatic heterocycles. The molecule has 0 saturated heterocycles. The lowest BCUT2D eigenvalue weighted by molar-refractivity contribution is -0.652. The smallest absolute Gasteiger partial charge is 0.255 e. The number of benzene rings is 1. The van der Waals surface area contributed by atoms with Gasteiger partial charge >= 0.3 is 0 Å². The quantitative estimate of drug-likeness (QED) is 0.363. The van der Waals surface area contributed by atoms with Crippen LogP contribution in [0.3, 0.4) is 0 Å². The number of hydrogen-bond donors (Lipinski definition) is 0. The van der Waals surface area contributed by atoms with E-state index in [2.05, 4.69) is 36.1 Å². The minimum absolute atomic E-state index is 0. The van der Waals surface area contributed by atoms with E-state index in [0.717, 1.165) is 23.6 Å². The lowest BCUT2D eigenvalue weighted by Gasteiger charge is -2.04. The van der Waals surface area contributed by atoms with Gasteiger partial charge in [0.1, 0.15) is 0 Å². The summed E-state index contributed by atoms with van der Waals surface area (Å²) in [6, 6.07) is 6.04. The first-order valence-electron chi connectivity index (χ1n) is 10.4. The molecular formula is C22H36Cl2N2O. The Labute approximate surface area is 176 Å². The molecule has 0 radical (unpaired) electrons. The summed E-state index contributed by atoms with van der Waals surface area (Å²) in [6.45, 7) is 5.83. The maximum atomic E-state index is 6.17. The Hall–Kier alpha value is -0.770. The van der Waals surface area contributed by atoms with Crippen molar-refractivity contribution in [2.75, 3.05) is 6.61 Å². The predicted octanol–water partition coefficient (Wildman–Crippen LogP) is 3.33. The van der Waals surface area contributed by atoms with Crippen molar-refractivity contribution < 1.29 is 21.7 Å². The molecule has 0 bridgehead atoms. The van der Waals surface area contributed by atoms with Crippen LogP contribution in [0.25, 0.3) is 11.0 Å². The Morgan fingerprint density at radius 3 is 2.19 bits per heavy atom. The molecule has 0 fully saturated rings. The minimum Gasteiger partial charge on any atom is -1.00 e. The van der Waals surface area contributed by atoms with Crippen molar-refractivity contribution in [1.29, 1.82) is 0 Å². The van der Waals surface area contributed by atoms with E-state index in [1.54, 1.807) is 0 Å². The molecule has 1 heterocycles. The first-order chi connectivity index (χ1) is 12.6. The molecular weight excluding hydrogens is 379 g/mol. The molecule has 0 N–H and O–H groups in total. The van der Waals surface area contributed by atoms with Crippen LogP contribution in [0, 0.1) is 6.92 Å². The van der Waals surface area contributed by atoms with Crippen molar-refractivity contribution in [3.05, 3.63) is 29.0 Å². The van der Waals surface area contributed by atoms with Crippen LogP contribution in [-0.4, -0.2) is 11.2 Å². The third kappa shape index (κ3) is 7.63. The second-order valence-electron chi connectivity index (χ2n) is 7.39. The van der Waals surface area contributed by atoms with Gasteiger partial charge in [0.15, 0.2) is 17.8 Å². The third-order valence-corrected chi connectivity index (χ3v) is 5.56. The van der Waals surface area contributed by atoms with Crippen LogP contribution < -0.4 is 17.0 Å². The molecule has 0 saturated carbocycles. The highest BCUT2D eigenvalue weighted by Gasteiger charge is 2.19. The fraction of sp³-hybridized carbons (Fsp3) is 0.682. The molecule has 1 aromatic carbocycles. The number of halogens is 2. The van der Waals surface area contributed by atoms with Crippen LogP contribution in [-0.2, 0) is 18.5 Å². The van der Waals surface area contributed by atoms with Gasteiger partial charge in [-0.25, -0.2) is 9.13 Å². The van der Waals surface area contributed by atoms with Gasteiger partial charge in [0.05, 0.1) is 13.7 Å². The zero-order valence-corrected chi connectivity index (χ0v) is 18.8. The zero-order valence-electron chi connectivity index (χ0n) is 17.3. The van der Waals surface area contributed by atoms with Crippen molar-refractivity contribution in [1.82, 2.24) is 4.57 Å². The molecule has 0 spiro atoms. The van der Waals surface area contributed by atoms with Crippen LogP contribution in [0.5, 0.6) is 0 Å². The number of rotatable bonds is 13. The Balaban J connectivity index is 0.00000364. The minimum atomic E-state index is 0. The number of aromatic nitrogens is 2. The second kappa shape index (κ2) is 13.4. The molecule has 0 unspecified atom stereocenters. The molecule has 1 aromatic heterocycles. The maximum Gasteiger partial charge on any atom is 0.255 e. The van der Waals surface area contributed by atoms with Crippen LogP contribution in [0.2, 0.25) is 5.02 Å². The van der Waals surface area contributed by atoms with Crippen LogP contribution in [0.15, 0.2) is 18.2 Å². The standard InChI is InChI=1S/C22H36ClN2O.ClH/c1-4-5-6-7-8-9-10-11-12-13-16-26-18-25-19(2)24(3)21-15-14-20(23)17-22(21)25;/h14-15,17H,4-13,16,18H2,1-3H3;1H/q+1;/p-1. The summed E-state index contributed by atoms with van der Waals surface area (Å²) >= 11 is 6.17. The number of ether oxygens (including phenoxy) is 1. The molecule has 2 aromatic rings. The molecule has 2 rings (SSSR count). The van der Waals surface area contributed by atoms with E-state index in [0.29, 0.717) is 6.73 Å². The van der Waals surface area contributed by atoms with Gasteiger partial charge < -0.3 is 17.1 Å². The fourth-order valence-corrected chi connectivity index (χ4v) is 3.70. The van der Waals surface area contributed by atoms with Crippen molar-refractivity contribution in [2.24, 2.45) is 7.05 Å². The first kappa shape index (κ1) is 24.3. The van der Waals surface area contributed by atoms with Crippen molar-refractivity contribution in [3.8, 4) is 0 Å². The highest BCUT2D eigenvalue weighted by molar-refractivity contribution is 6.31. The van der Waals surface area contributed by atoms with Gasteiger partial charge in [-0.2, -0.15) is 0 Å². The van der Waals surface area contributed by atoms with E-state index < -0.39 is 0 Å². The molecule has 0 aliphatic carbocycles. The van der Waals surface area contributed by atoms with Gasteiger partial charge in [-0.3, -0.25) is 0 Å². The SMILES string of the molecule is CCCCCCCCCCCCOCn1c(C)[n+](C)c2ccc(Cl)cc21.[Cl-]. The number of unbranched alkanes of at least 4 members (excludes halogenated alkanes) is 9. The Bertz CT molecular complexity index is 670. The molecule has 0 aliphatic rings. The summed E-state index contributed by atoms with van der Waals surface area (Å²) < 4.78 is 10.3. The largest absolute Gasteiger partial charge is 1.00 e. The van der Waals surface area contributed by atoms with E-state index >= 15 is 0 Å². The molecule has 154 valence electrons. The number of imidazole rings is 1. The third-order valence-electron chi connectivity index (χ3n) is 5.33. The lowest BCUT2D eigenvalue weighted by Crippen LogP contribution is -3.00. The van der Waals surface area contributed by atoms with E-state index in [-0.39, 0.29) is 12.4 Å². The molecule has 27 heavy (non-hydrogen) atoms. The lowest BCUT2D eigenvalue weighted by atomic mass is 10.1. The van der Waals surface area contributed by atoms with Crippen molar-refractivity contribution in [3.63, 3.8) is 0 Å². The Kier molecular flexibility index (Phi) is 12.1.